The molecule has 70 valence electrons. The Balaban J connectivity index is 4.38. The second-order valence-electron chi connectivity index (χ2n) is 2.89. The first-order valence-corrected chi connectivity index (χ1v) is 4.14. The molecule has 0 aromatic rings. The first-order chi connectivity index (χ1) is 5.61. The fraction of sp³-hybridized carbons (Fsp3) is 0.556. The maximum absolute atomic E-state index is 5.72. The molecule has 2 unspecified atom stereocenters. The van der Waals surface area contributed by atoms with Gasteiger partial charge in [0.05, 0.1) is 0 Å². The van der Waals surface area contributed by atoms with E-state index in [4.69, 9.17) is 11.5 Å². The highest BCUT2D eigenvalue weighted by Gasteiger charge is 2.01. The molecule has 0 aliphatic rings. The first-order valence-electron chi connectivity index (χ1n) is 4.14. The molecule has 0 aliphatic heterocycles. The standard InChI is InChI=1S/C9H19N3/c1-7(12-3)6-9(4-5-10)8(2)11/h4-8,12H,10-11H2,1-3H3/b5-4-,9-6+. The molecule has 0 spiro atoms. The van der Waals surface area contributed by atoms with Crippen molar-refractivity contribution < 1.29 is 0 Å². The van der Waals surface area contributed by atoms with Crippen LogP contribution in [0.25, 0.3) is 0 Å². The highest BCUT2D eigenvalue weighted by molar-refractivity contribution is 5.24. The number of nitrogens with one attached hydrogen (secondary N) is 1. The quantitative estimate of drug-likeness (QED) is 0.532. The predicted molar refractivity (Wildman–Crippen MR) is 53.6 cm³/mol. The minimum Gasteiger partial charge on any atom is -0.405 e. The summed E-state index contributed by atoms with van der Waals surface area (Å²) in [5, 5.41) is 3.10. The van der Waals surface area contributed by atoms with E-state index in [2.05, 4.69) is 18.3 Å². The van der Waals surface area contributed by atoms with E-state index in [1.807, 2.05) is 20.0 Å². The van der Waals surface area contributed by atoms with Crippen molar-refractivity contribution in [1.82, 2.24) is 5.32 Å². The van der Waals surface area contributed by atoms with E-state index in [1.165, 1.54) is 6.20 Å². The van der Waals surface area contributed by atoms with Gasteiger partial charge in [0, 0.05) is 12.1 Å². The third kappa shape index (κ3) is 4.16. The van der Waals surface area contributed by atoms with E-state index in [0.717, 1.165) is 5.57 Å². The Hall–Kier alpha value is -0.800. The molecule has 0 radical (unpaired) electrons. The number of likely N-dealkylation sites (N-methyl/N-ethyl adjacent to an activating group) is 1. The van der Waals surface area contributed by atoms with Crippen LogP contribution < -0.4 is 16.8 Å². The molecular formula is C9H19N3. The maximum Gasteiger partial charge on any atom is 0.0264 e. The summed E-state index contributed by atoms with van der Waals surface area (Å²) in [4.78, 5) is 0. The third-order valence-corrected chi connectivity index (χ3v) is 1.71. The zero-order valence-electron chi connectivity index (χ0n) is 8.04. The fourth-order valence-corrected chi connectivity index (χ4v) is 0.842. The summed E-state index contributed by atoms with van der Waals surface area (Å²) in [5.74, 6) is 0. The molecule has 0 saturated carbocycles. The van der Waals surface area contributed by atoms with Crippen LogP contribution in [-0.4, -0.2) is 19.1 Å². The number of hydrogen-bond donors (Lipinski definition) is 3. The van der Waals surface area contributed by atoms with Crippen LogP contribution in [0.2, 0.25) is 0 Å². The van der Waals surface area contributed by atoms with Gasteiger partial charge in [-0.15, -0.1) is 0 Å². The first kappa shape index (κ1) is 11.2. The summed E-state index contributed by atoms with van der Waals surface area (Å²) in [6, 6.07) is 0.350. The van der Waals surface area contributed by atoms with Crippen LogP contribution >= 0.6 is 0 Å². The highest BCUT2D eigenvalue weighted by Crippen LogP contribution is 2.02. The second-order valence-corrected chi connectivity index (χ2v) is 2.89. The molecule has 2 atom stereocenters. The van der Waals surface area contributed by atoms with Gasteiger partial charge in [-0.05, 0) is 38.7 Å². The minimum absolute atomic E-state index is 0.0283. The van der Waals surface area contributed by atoms with Gasteiger partial charge in [0.25, 0.3) is 0 Å². The van der Waals surface area contributed by atoms with Crippen molar-refractivity contribution >= 4 is 0 Å². The van der Waals surface area contributed by atoms with Crippen molar-refractivity contribution in [3.63, 3.8) is 0 Å². The molecule has 0 amide bonds. The monoisotopic (exact) mass is 169 g/mol. The Morgan fingerprint density at radius 2 is 2.00 bits per heavy atom. The van der Waals surface area contributed by atoms with Crippen molar-refractivity contribution in [2.24, 2.45) is 11.5 Å². The molecular weight excluding hydrogens is 150 g/mol. The van der Waals surface area contributed by atoms with Crippen LogP contribution in [0.5, 0.6) is 0 Å². The molecule has 5 N–H and O–H groups in total. The molecule has 12 heavy (non-hydrogen) atoms. The topological polar surface area (TPSA) is 64.1 Å². The lowest BCUT2D eigenvalue weighted by Gasteiger charge is -2.10. The van der Waals surface area contributed by atoms with E-state index in [1.54, 1.807) is 0 Å². The Bertz CT molecular complexity index is 171. The molecule has 0 fully saturated rings. The zero-order valence-corrected chi connectivity index (χ0v) is 8.04. The lowest BCUT2D eigenvalue weighted by atomic mass is 10.1. The van der Waals surface area contributed by atoms with Gasteiger partial charge in [0.1, 0.15) is 0 Å². The molecule has 3 nitrogen and oxygen atoms in total. The van der Waals surface area contributed by atoms with Gasteiger partial charge in [-0.1, -0.05) is 6.08 Å². The lowest BCUT2D eigenvalue weighted by molar-refractivity contribution is 0.716. The van der Waals surface area contributed by atoms with Crippen LogP contribution in [-0.2, 0) is 0 Å². The summed E-state index contributed by atoms with van der Waals surface area (Å²) in [6.07, 6.45) is 5.41. The summed E-state index contributed by atoms with van der Waals surface area (Å²) in [7, 11) is 1.91. The van der Waals surface area contributed by atoms with Crippen LogP contribution in [0.4, 0.5) is 0 Å². The molecule has 0 bridgehead atoms. The average Bonchev–Trinajstić information content (AvgIpc) is 2.03. The number of hydrogen-bond acceptors (Lipinski definition) is 3. The zero-order chi connectivity index (χ0) is 9.56. The average molecular weight is 169 g/mol. The van der Waals surface area contributed by atoms with E-state index in [0.29, 0.717) is 6.04 Å². The third-order valence-electron chi connectivity index (χ3n) is 1.71. The van der Waals surface area contributed by atoms with Crippen molar-refractivity contribution in [2.45, 2.75) is 25.9 Å². The van der Waals surface area contributed by atoms with Gasteiger partial charge in [0.2, 0.25) is 0 Å². The Morgan fingerprint density at radius 3 is 2.33 bits per heavy atom. The highest BCUT2D eigenvalue weighted by atomic mass is 14.8. The van der Waals surface area contributed by atoms with Crippen molar-refractivity contribution in [2.75, 3.05) is 7.05 Å². The van der Waals surface area contributed by atoms with Gasteiger partial charge >= 0.3 is 0 Å². The predicted octanol–water partition coefficient (Wildman–Crippen LogP) is 0.340. The van der Waals surface area contributed by atoms with Crippen LogP contribution in [0.1, 0.15) is 13.8 Å². The number of nitrogens with two attached hydrogens (primary N) is 2. The minimum atomic E-state index is 0.0283. The Morgan fingerprint density at radius 1 is 1.42 bits per heavy atom. The van der Waals surface area contributed by atoms with Gasteiger partial charge in [-0.2, -0.15) is 0 Å². The van der Waals surface area contributed by atoms with Crippen molar-refractivity contribution in [3.8, 4) is 0 Å². The van der Waals surface area contributed by atoms with E-state index >= 15 is 0 Å². The lowest BCUT2D eigenvalue weighted by Crippen LogP contribution is -2.23. The molecule has 0 heterocycles. The van der Waals surface area contributed by atoms with Crippen molar-refractivity contribution in [3.05, 3.63) is 23.9 Å². The molecule has 3 heteroatoms. The molecule has 0 aromatic carbocycles. The van der Waals surface area contributed by atoms with Gasteiger partial charge in [0.15, 0.2) is 0 Å². The Kier molecular flexibility index (Phi) is 5.41. The smallest absolute Gasteiger partial charge is 0.0264 e. The van der Waals surface area contributed by atoms with Crippen molar-refractivity contribution in [1.29, 1.82) is 0 Å². The van der Waals surface area contributed by atoms with E-state index in [-0.39, 0.29) is 6.04 Å². The van der Waals surface area contributed by atoms with Gasteiger partial charge in [-0.25, -0.2) is 0 Å². The maximum atomic E-state index is 5.72. The SMILES string of the molecule is CNC(C)/C=C(\C=C/N)C(C)N. The fourth-order valence-electron chi connectivity index (χ4n) is 0.842. The summed E-state index contributed by atoms with van der Waals surface area (Å²) in [6.45, 7) is 4.00. The van der Waals surface area contributed by atoms with Gasteiger partial charge in [-0.3, -0.25) is 0 Å². The van der Waals surface area contributed by atoms with Gasteiger partial charge < -0.3 is 16.8 Å². The normalized spacial score (nSPS) is 18.2. The molecule has 0 aromatic heterocycles. The molecule has 0 aliphatic carbocycles. The Labute approximate surface area is 74.5 Å². The largest absolute Gasteiger partial charge is 0.405 e. The van der Waals surface area contributed by atoms with Crippen LogP contribution in [0.15, 0.2) is 23.9 Å². The van der Waals surface area contributed by atoms with E-state index < -0.39 is 0 Å². The number of rotatable bonds is 4. The van der Waals surface area contributed by atoms with Crippen LogP contribution in [0.3, 0.4) is 0 Å². The summed E-state index contributed by atoms with van der Waals surface area (Å²) < 4.78 is 0. The summed E-state index contributed by atoms with van der Waals surface area (Å²) in [5.41, 5.74) is 12.1. The van der Waals surface area contributed by atoms with Crippen LogP contribution in [0, 0.1) is 0 Å². The molecule has 0 rings (SSSR count). The van der Waals surface area contributed by atoms with E-state index in [9.17, 15) is 0 Å². The molecule has 0 saturated heterocycles. The second kappa shape index (κ2) is 5.80. The summed E-state index contributed by atoms with van der Waals surface area (Å²) >= 11 is 0.